The molecule has 0 saturated carbocycles. The third-order valence-electron chi connectivity index (χ3n) is 2.11. The topological polar surface area (TPSA) is 38.4 Å². The van der Waals surface area contributed by atoms with Crippen molar-refractivity contribution in [3.05, 3.63) is 34.3 Å². The zero-order valence-corrected chi connectivity index (χ0v) is 11.0. The van der Waals surface area contributed by atoms with E-state index in [1.54, 1.807) is 0 Å². The van der Waals surface area contributed by atoms with E-state index in [1.807, 2.05) is 24.3 Å². The summed E-state index contributed by atoms with van der Waals surface area (Å²) in [5.74, 6) is 0.699. The van der Waals surface area contributed by atoms with Crippen LogP contribution in [-0.2, 0) is 6.54 Å². The molecule has 2 nitrogen and oxygen atoms in total. The van der Waals surface area contributed by atoms with Crippen LogP contribution in [0.15, 0.2) is 33.7 Å². The van der Waals surface area contributed by atoms with Crippen LogP contribution in [-0.4, -0.2) is 5.84 Å². The quantitative estimate of drug-likeness (QED) is 0.649. The zero-order valence-electron chi connectivity index (χ0n) is 9.42. The molecule has 0 bridgehead atoms. The molecule has 0 amide bonds. The second-order valence-electron chi connectivity index (χ2n) is 4.58. The van der Waals surface area contributed by atoms with Crippen LogP contribution >= 0.6 is 15.9 Å². The third kappa shape index (κ3) is 4.04. The van der Waals surface area contributed by atoms with E-state index in [1.165, 1.54) is 5.56 Å². The molecule has 82 valence electrons. The molecule has 0 unspecified atom stereocenters. The fourth-order valence-corrected chi connectivity index (χ4v) is 1.27. The van der Waals surface area contributed by atoms with Gasteiger partial charge in [-0.25, -0.2) is 0 Å². The van der Waals surface area contributed by atoms with Gasteiger partial charge in [0.05, 0.1) is 12.4 Å². The average molecular weight is 269 g/mol. The maximum Gasteiger partial charge on any atom is 0.0995 e. The van der Waals surface area contributed by atoms with Gasteiger partial charge < -0.3 is 5.73 Å². The van der Waals surface area contributed by atoms with E-state index in [2.05, 4.69) is 41.7 Å². The van der Waals surface area contributed by atoms with E-state index >= 15 is 0 Å². The van der Waals surface area contributed by atoms with Gasteiger partial charge in [-0.2, -0.15) is 0 Å². The Labute approximate surface area is 99.7 Å². The lowest BCUT2D eigenvalue weighted by Gasteiger charge is -2.17. The summed E-state index contributed by atoms with van der Waals surface area (Å²) in [6.45, 7) is 6.84. The van der Waals surface area contributed by atoms with Crippen molar-refractivity contribution in [1.29, 1.82) is 0 Å². The Hall–Kier alpha value is -0.830. The van der Waals surface area contributed by atoms with Crippen molar-refractivity contribution in [1.82, 2.24) is 0 Å². The van der Waals surface area contributed by atoms with Crippen molar-refractivity contribution in [2.45, 2.75) is 27.3 Å². The van der Waals surface area contributed by atoms with Crippen molar-refractivity contribution in [3.8, 4) is 0 Å². The molecule has 0 aliphatic carbocycles. The third-order valence-corrected chi connectivity index (χ3v) is 2.64. The maximum atomic E-state index is 5.87. The van der Waals surface area contributed by atoms with Crippen LogP contribution in [0.4, 0.5) is 0 Å². The van der Waals surface area contributed by atoms with Crippen LogP contribution in [0.3, 0.4) is 0 Å². The molecule has 0 atom stereocenters. The number of hydrogen-bond donors (Lipinski definition) is 1. The molecule has 0 radical (unpaired) electrons. The van der Waals surface area contributed by atoms with Crippen LogP contribution in [0, 0.1) is 5.41 Å². The summed E-state index contributed by atoms with van der Waals surface area (Å²) in [4.78, 5) is 4.37. The van der Waals surface area contributed by atoms with Gasteiger partial charge in [-0.1, -0.05) is 48.8 Å². The SMILES string of the molecule is CC(C)(C)C(N)=NCc1ccc(Br)cc1. The number of hydrogen-bond acceptors (Lipinski definition) is 1. The smallest absolute Gasteiger partial charge is 0.0995 e. The molecular weight excluding hydrogens is 252 g/mol. The molecule has 1 aromatic rings. The normalized spacial score (nSPS) is 12.9. The summed E-state index contributed by atoms with van der Waals surface area (Å²) in [7, 11) is 0. The monoisotopic (exact) mass is 268 g/mol. The first kappa shape index (κ1) is 12.2. The molecule has 1 aromatic carbocycles. The van der Waals surface area contributed by atoms with Crippen molar-refractivity contribution >= 4 is 21.8 Å². The Kier molecular flexibility index (Phi) is 3.91. The van der Waals surface area contributed by atoms with Gasteiger partial charge in [0.25, 0.3) is 0 Å². The van der Waals surface area contributed by atoms with Gasteiger partial charge >= 0.3 is 0 Å². The molecule has 0 spiro atoms. The van der Waals surface area contributed by atoms with E-state index < -0.39 is 0 Å². The Bertz CT molecular complexity index is 347. The van der Waals surface area contributed by atoms with Gasteiger partial charge in [0.2, 0.25) is 0 Å². The van der Waals surface area contributed by atoms with Crippen molar-refractivity contribution in [2.24, 2.45) is 16.1 Å². The van der Waals surface area contributed by atoms with Gasteiger partial charge in [-0.05, 0) is 17.7 Å². The number of rotatable bonds is 2. The highest BCUT2D eigenvalue weighted by molar-refractivity contribution is 9.10. The number of amidine groups is 1. The van der Waals surface area contributed by atoms with Crippen molar-refractivity contribution < 1.29 is 0 Å². The highest BCUT2D eigenvalue weighted by Gasteiger charge is 2.14. The molecule has 3 heteroatoms. The molecule has 0 heterocycles. The van der Waals surface area contributed by atoms with Gasteiger partial charge in [0.1, 0.15) is 0 Å². The van der Waals surface area contributed by atoms with Gasteiger partial charge in [-0.15, -0.1) is 0 Å². The molecule has 0 fully saturated rings. The zero-order chi connectivity index (χ0) is 11.5. The summed E-state index contributed by atoms with van der Waals surface area (Å²) in [5.41, 5.74) is 6.99. The van der Waals surface area contributed by atoms with Crippen LogP contribution in [0.5, 0.6) is 0 Å². The lowest BCUT2D eigenvalue weighted by Crippen LogP contribution is -2.28. The van der Waals surface area contributed by atoms with E-state index in [0.717, 1.165) is 4.47 Å². The fourth-order valence-electron chi connectivity index (χ4n) is 1.00. The largest absolute Gasteiger partial charge is 0.387 e. The predicted octanol–water partition coefficient (Wildman–Crippen LogP) is 3.35. The standard InChI is InChI=1S/C12H17BrN2/c1-12(2,3)11(14)15-8-9-4-6-10(13)7-5-9/h4-7H,8H2,1-3H3,(H2,14,15). The van der Waals surface area contributed by atoms with Crippen LogP contribution in [0.25, 0.3) is 0 Å². The summed E-state index contributed by atoms with van der Waals surface area (Å²) < 4.78 is 1.08. The number of aliphatic imine (C=N–C) groups is 1. The summed E-state index contributed by atoms with van der Waals surface area (Å²) in [6, 6.07) is 8.11. The molecule has 0 aliphatic rings. The first-order chi connectivity index (χ1) is 6.89. The average Bonchev–Trinajstić information content (AvgIpc) is 2.15. The highest BCUT2D eigenvalue weighted by atomic mass is 79.9. The van der Waals surface area contributed by atoms with Crippen LogP contribution in [0.2, 0.25) is 0 Å². The maximum absolute atomic E-state index is 5.87. The Morgan fingerprint density at radius 1 is 1.27 bits per heavy atom. The van der Waals surface area contributed by atoms with Crippen LogP contribution in [0.1, 0.15) is 26.3 Å². The second-order valence-corrected chi connectivity index (χ2v) is 5.49. The molecule has 0 aromatic heterocycles. The predicted molar refractivity (Wildman–Crippen MR) is 68.9 cm³/mol. The van der Waals surface area contributed by atoms with Crippen molar-refractivity contribution in [2.75, 3.05) is 0 Å². The minimum absolute atomic E-state index is 0.0463. The first-order valence-corrected chi connectivity index (χ1v) is 5.74. The molecule has 15 heavy (non-hydrogen) atoms. The van der Waals surface area contributed by atoms with E-state index in [-0.39, 0.29) is 5.41 Å². The number of nitrogens with zero attached hydrogens (tertiary/aromatic N) is 1. The lowest BCUT2D eigenvalue weighted by atomic mass is 9.95. The number of nitrogens with two attached hydrogens (primary N) is 1. The number of halogens is 1. The summed E-state index contributed by atoms with van der Waals surface area (Å²) in [6.07, 6.45) is 0. The Morgan fingerprint density at radius 3 is 2.27 bits per heavy atom. The Morgan fingerprint density at radius 2 is 1.80 bits per heavy atom. The summed E-state index contributed by atoms with van der Waals surface area (Å²) in [5, 5.41) is 0. The van der Waals surface area contributed by atoms with Gasteiger partial charge in [-0.3, -0.25) is 4.99 Å². The minimum atomic E-state index is -0.0463. The van der Waals surface area contributed by atoms with Crippen LogP contribution < -0.4 is 5.73 Å². The second kappa shape index (κ2) is 4.79. The Balaban J connectivity index is 2.68. The van der Waals surface area contributed by atoms with Gasteiger partial charge in [0.15, 0.2) is 0 Å². The van der Waals surface area contributed by atoms with E-state index in [9.17, 15) is 0 Å². The highest BCUT2D eigenvalue weighted by Crippen LogP contribution is 2.15. The van der Waals surface area contributed by atoms with E-state index in [0.29, 0.717) is 12.4 Å². The molecule has 1 rings (SSSR count). The minimum Gasteiger partial charge on any atom is -0.387 e. The summed E-state index contributed by atoms with van der Waals surface area (Å²) >= 11 is 3.40. The first-order valence-electron chi connectivity index (χ1n) is 4.94. The fraction of sp³-hybridized carbons (Fsp3) is 0.417. The number of benzene rings is 1. The van der Waals surface area contributed by atoms with Crippen molar-refractivity contribution in [3.63, 3.8) is 0 Å². The molecule has 0 saturated heterocycles. The molecular formula is C12H17BrN2. The molecule has 0 aliphatic heterocycles. The van der Waals surface area contributed by atoms with Gasteiger partial charge in [0, 0.05) is 9.89 Å². The van der Waals surface area contributed by atoms with E-state index in [4.69, 9.17) is 5.73 Å². The lowest BCUT2D eigenvalue weighted by molar-refractivity contribution is 0.581. The molecule has 2 N–H and O–H groups in total.